The molecule has 2 aromatic rings. The Morgan fingerprint density at radius 3 is 2.59 bits per heavy atom. The van der Waals surface area contributed by atoms with Crippen LogP contribution in [0.25, 0.3) is 0 Å². The van der Waals surface area contributed by atoms with Crippen molar-refractivity contribution in [2.45, 2.75) is 32.6 Å². The van der Waals surface area contributed by atoms with Crippen LogP contribution in [0.15, 0.2) is 36.4 Å². The molecule has 0 bridgehead atoms. The van der Waals surface area contributed by atoms with Crippen LogP contribution in [0.5, 0.6) is 5.75 Å². The van der Waals surface area contributed by atoms with E-state index in [1.54, 1.807) is 0 Å². The Morgan fingerprint density at radius 1 is 1.23 bits per heavy atom. The van der Waals surface area contributed by atoms with Gasteiger partial charge in [0.25, 0.3) is 0 Å². The molecule has 2 rings (SSSR count). The fourth-order valence-electron chi connectivity index (χ4n) is 2.61. The predicted octanol–water partition coefficient (Wildman–Crippen LogP) is 4.01. The number of hydrogen-bond acceptors (Lipinski definition) is 3. The SMILES string of the molecule is Cc1cccc(C(C)(C)c2cccc(CCP=O)c2[O][Al])n1. The summed E-state index contributed by atoms with van der Waals surface area (Å²) in [5.74, 6) is 0.837. The topological polar surface area (TPSA) is 39.2 Å². The number of hydrogen-bond donors (Lipinski definition) is 0. The standard InChI is InChI=1S/C17H20NO2P.Al/c1-12-6-4-9-15(18-12)17(2,3)14-8-5-7-13(16(14)19)10-11-21-20;/h4-9,19H,10-11H2,1-3H3;/q;+1/p-1. The number of nitrogens with zero attached hydrogens (tertiary/aromatic N) is 1. The number of aromatic nitrogens is 1. The maximum absolute atomic E-state index is 10.8. The van der Waals surface area contributed by atoms with Crippen LogP contribution in [0.1, 0.15) is 36.4 Å². The molecule has 1 heterocycles. The Bertz CT molecular complexity index is 673. The molecule has 112 valence electrons. The van der Waals surface area contributed by atoms with E-state index in [0.717, 1.165) is 34.7 Å². The second-order valence-electron chi connectivity index (χ2n) is 5.80. The fourth-order valence-corrected chi connectivity index (χ4v) is 3.22. The minimum atomic E-state index is -0.275. The molecule has 0 saturated carbocycles. The third-order valence-corrected chi connectivity index (χ3v) is 4.53. The zero-order valence-electron chi connectivity index (χ0n) is 13.2. The third-order valence-electron chi connectivity index (χ3n) is 3.89. The first kappa shape index (κ1) is 17.2. The molecule has 0 fully saturated rings. The first-order chi connectivity index (χ1) is 10.5. The van der Waals surface area contributed by atoms with Gasteiger partial charge in [0.05, 0.1) is 11.4 Å². The van der Waals surface area contributed by atoms with Crippen LogP contribution in [0.2, 0.25) is 0 Å². The molecule has 0 unspecified atom stereocenters. The van der Waals surface area contributed by atoms with Crippen LogP contribution in [-0.4, -0.2) is 27.8 Å². The zero-order valence-corrected chi connectivity index (χ0v) is 15.2. The van der Waals surface area contributed by atoms with E-state index in [9.17, 15) is 4.57 Å². The number of benzene rings is 1. The van der Waals surface area contributed by atoms with Crippen LogP contribution in [0, 0.1) is 6.92 Å². The van der Waals surface area contributed by atoms with Gasteiger partial charge in [-0.3, -0.25) is 9.55 Å². The van der Waals surface area contributed by atoms with Crippen molar-refractivity contribution in [1.82, 2.24) is 4.98 Å². The predicted molar refractivity (Wildman–Crippen MR) is 90.1 cm³/mol. The van der Waals surface area contributed by atoms with Crippen molar-refractivity contribution in [3.8, 4) is 5.75 Å². The summed E-state index contributed by atoms with van der Waals surface area (Å²) < 4.78 is 16.4. The van der Waals surface area contributed by atoms with Crippen LogP contribution >= 0.6 is 8.46 Å². The molecule has 0 aliphatic rings. The summed E-state index contributed by atoms with van der Waals surface area (Å²) >= 11 is 2.33. The van der Waals surface area contributed by atoms with Crippen LogP contribution in [0.3, 0.4) is 0 Å². The first-order valence-corrected chi connectivity index (χ1v) is 8.70. The van der Waals surface area contributed by atoms with Crippen molar-refractivity contribution in [2.24, 2.45) is 0 Å². The molecule has 0 saturated heterocycles. The highest BCUT2D eigenvalue weighted by atomic mass is 31.1. The monoisotopic (exact) mass is 327 g/mol. The average Bonchev–Trinajstić information content (AvgIpc) is 2.52. The van der Waals surface area contributed by atoms with Gasteiger partial charge in [0, 0.05) is 22.8 Å². The Balaban J connectivity index is 2.52. The van der Waals surface area contributed by atoms with E-state index in [0.29, 0.717) is 6.16 Å². The highest BCUT2D eigenvalue weighted by molar-refractivity contribution is 7.23. The molecule has 0 N–H and O–H groups in total. The van der Waals surface area contributed by atoms with Gasteiger partial charge in [-0.25, -0.2) is 0 Å². The maximum Gasteiger partial charge on any atom is 0.482 e. The van der Waals surface area contributed by atoms with Gasteiger partial charge in [0.1, 0.15) is 0 Å². The van der Waals surface area contributed by atoms with Gasteiger partial charge in [-0.15, -0.1) is 0 Å². The quantitative estimate of drug-likeness (QED) is 0.594. The molecule has 0 atom stereocenters. The summed E-state index contributed by atoms with van der Waals surface area (Å²) in [4.78, 5) is 4.67. The summed E-state index contributed by atoms with van der Waals surface area (Å²) in [6.07, 6.45) is 1.31. The summed E-state index contributed by atoms with van der Waals surface area (Å²) in [6.45, 7) is 6.29. The van der Waals surface area contributed by atoms with Crippen molar-refractivity contribution < 1.29 is 8.35 Å². The molecule has 0 spiro atoms. The van der Waals surface area contributed by atoms with Gasteiger partial charge in [-0.1, -0.05) is 38.1 Å². The van der Waals surface area contributed by atoms with Crippen molar-refractivity contribution >= 4 is 25.1 Å². The molecule has 22 heavy (non-hydrogen) atoms. The van der Waals surface area contributed by atoms with E-state index >= 15 is 0 Å². The van der Waals surface area contributed by atoms with Crippen molar-refractivity contribution in [3.05, 3.63) is 58.9 Å². The van der Waals surface area contributed by atoms with Crippen molar-refractivity contribution in [1.29, 1.82) is 0 Å². The lowest BCUT2D eigenvalue weighted by molar-refractivity contribution is 0.543. The summed E-state index contributed by atoms with van der Waals surface area (Å²) in [5.41, 5.74) is 3.88. The third kappa shape index (κ3) is 3.58. The van der Waals surface area contributed by atoms with E-state index in [1.165, 1.54) is 0 Å². The largest absolute Gasteiger partial charge is 0.653 e. The Morgan fingerprint density at radius 2 is 1.95 bits per heavy atom. The van der Waals surface area contributed by atoms with Gasteiger partial charge >= 0.3 is 16.6 Å². The molecule has 3 nitrogen and oxygen atoms in total. The molecule has 0 aliphatic carbocycles. The van der Waals surface area contributed by atoms with E-state index in [-0.39, 0.29) is 13.9 Å². The minimum Gasteiger partial charge on any atom is -0.653 e. The highest BCUT2D eigenvalue weighted by Crippen LogP contribution is 2.38. The van der Waals surface area contributed by atoms with Crippen molar-refractivity contribution in [3.63, 3.8) is 0 Å². The molecule has 1 aromatic carbocycles. The van der Waals surface area contributed by atoms with Gasteiger partial charge in [0.2, 0.25) is 0 Å². The number of rotatable bonds is 6. The Hall–Kier alpha value is -1.20. The molecule has 5 heteroatoms. The van der Waals surface area contributed by atoms with Gasteiger partial charge in [-0.2, -0.15) is 0 Å². The zero-order chi connectivity index (χ0) is 16.2. The van der Waals surface area contributed by atoms with Crippen LogP contribution in [-0.2, 0) is 16.4 Å². The van der Waals surface area contributed by atoms with Gasteiger partial charge < -0.3 is 3.79 Å². The van der Waals surface area contributed by atoms with E-state index < -0.39 is 0 Å². The number of aryl methyl sites for hydroxylation is 2. The molecular weight excluding hydrogens is 308 g/mol. The van der Waals surface area contributed by atoms with E-state index in [4.69, 9.17) is 3.79 Å². The Labute approximate surface area is 142 Å². The molecule has 1 aromatic heterocycles. The smallest absolute Gasteiger partial charge is 0.482 e. The Kier molecular flexibility index (Phi) is 5.76. The van der Waals surface area contributed by atoms with Gasteiger partial charge in [0.15, 0.2) is 8.46 Å². The summed E-state index contributed by atoms with van der Waals surface area (Å²) in [7, 11) is 0.157. The molecule has 0 amide bonds. The maximum atomic E-state index is 10.8. The molecular formula is C17H19AlNO2P. The lowest BCUT2D eigenvalue weighted by Crippen LogP contribution is -2.22. The first-order valence-electron chi connectivity index (χ1n) is 7.23. The van der Waals surface area contributed by atoms with Crippen molar-refractivity contribution in [2.75, 3.05) is 6.16 Å². The van der Waals surface area contributed by atoms with E-state index in [2.05, 4.69) is 41.5 Å². The highest BCUT2D eigenvalue weighted by Gasteiger charge is 2.28. The van der Waals surface area contributed by atoms with Gasteiger partial charge in [-0.05, 0) is 31.0 Å². The second kappa shape index (κ2) is 7.38. The number of pyridine rings is 1. The molecule has 0 aliphatic heterocycles. The normalized spacial score (nSPS) is 11.6. The number of para-hydroxylation sites is 1. The van der Waals surface area contributed by atoms with Crippen LogP contribution < -0.4 is 3.79 Å². The fraction of sp³-hybridized carbons (Fsp3) is 0.353. The van der Waals surface area contributed by atoms with Crippen LogP contribution in [0.4, 0.5) is 0 Å². The summed E-state index contributed by atoms with van der Waals surface area (Å²) in [5, 5.41) is 0. The lowest BCUT2D eigenvalue weighted by Gasteiger charge is -2.29. The second-order valence-corrected chi connectivity index (χ2v) is 6.74. The van der Waals surface area contributed by atoms with E-state index in [1.807, 2.05) is 37.3 Å². The average molecular weight is 327 g/mol. The summed E-state index contributed by atoms with van der Waals surface area (Å²) in [6, 6.07) is 12.2. The molecule has 2 radical (unpaired) electrons. The lowest BCUT2D eigenvalue weighted by atomic mass is 9.79. The minimum absolute atomic E-state index is 0.157.